The lowest BCUT2D eigenvalue weighted by Crippen LogP contribution is -2.33. The molecule has 0 radical (unpaired) electrons. The summed E-state index contributed by atoms with van der Waals surface area (Å²) in [6, 6.07) is 8.37. The van der Waals surface area contributed by atoms with Gasteiger partial charge in [0, 0.05) is 43.9 Å². The van der Waals surface area contributed by atoms with Gasteiger partial charge in [-0.2, -0.15) is 4.98 Å². The van der Waals surface area contributed by atoms with Crippen molar-refractivity contribution in [3.05, 3.63) is 59.0 Å². The molecular formula is C21H25BrN6O. The minimum absolute atomic E-state index is 0.483. The number of aromatic nitrogens is 2. The van der Waals surface area contributed by atoms with Gasteiger partial charge in [-0.1, -0.05) is 0 Å². The van der Waals surface area contributed by atoms with E-state index in [0.29, 0.717) is 21.9 Å². The Morgan fingerprint density at radius 2 is 1.86 bits per heavy atom. The summed E-state index contributed by atoms with van der Waals surface area (Å²) < 4.78 is 0.716. The number of hydrogen-bond acceptors (Lipinski definition) is 7. The van der Waals surface area contributed by atoms with Crippen LogP contribution < -0.4 is 15.5 Å². The van der Waals surface area contributed by atoms with E-state index in [1.54, 1.807) is 11.1 Å². The SMILES string of the molecule is CN1C=CC=C(Nc2nc(Nc3ccc(N4CCCCC4)cc3)ncc2Br)C1O. The number of halogens is 1. The van der Waals surface area contributed by atoms with Gasteiger partial charge in [-0.05, 0) is 71.6 Å². The Hall–Kier alpha value is -2.58. The van der Waals surface area contributed by atoms with E-state index >= 15 is 0 Å². The Labute approximate surface area is 179 Å². The number of anilines is 4. The van der Waals surface area contributed by atoms with Crippen molar-refractivity contribution in [3.63, 3.8) is 0 Å². The maximum Gasteiger partial charge on any atom is 0.229 e. The molecule has 0 amide bonds. The minimum atomic E-state index is -0.749. The number of nitrogens with one attached hydrogen (secondary N) is 2. The molecule has 1 aromatic heterocycles. The quantitative estimate of drug-likeness (QED) is 0.626. The summed E-state index contributed by atoms with van der Waals surface area (Å²) >= 11 is 3.47. The van der Waals surface area contributed by atoms with Crippen LogP contribution in [0.4, 0.5) is 23.1 Å². The zero-order valence-electron chi connectivity index (χ0n) is 16.3. The molecular weight excluding hydrogens is 432 g/mol. The summed E-state index contributed by atoms with van der Waals surface area (Å²) in [4.78, 5) is 13.0. The molecule has 2 aliphatic heterocycles. The summed E-state index contributed by atoms with van der Waals surface area (Å²) in [5.41, 5.74) is 2.83. The van der Waals surface area contributed by atoms with Gasteiger partial charge in [0.05, 0.1) is 10.2 Å². The molecule has 1 fully saturated rings. The second kappa shape index (κ2) is 8.84. The predicted molar refractivity (Wildman–Crippen MR) is 120 cm³/mol. The molecule has 3 N–H and O–H groups in total. The van der Waals surface area contributed by atoms with Crippen LogP contribution in [0.1, 0.15) is 19.3 Å². The van der Waals surface area contributed by atoms with Gasteiger partial charge < -0.3 is 25.5 Å². The monoisotopic (exact) mass is 456 g/mol. The number of allylic oxidation sites excluding steroid dienone is 2. The lowest BCUT2D eigenvalue weighted by molar-refractivity contribution is 0.0870. The van der Waals surface area contributed by atoms with Gasteiger partial charge >= 0.3 is 0 Å². The molecule has 29 heavy (non-hydrogen) atoms. The van der Waals surface area contributed by atoms with E-state index in [1.165, 1.54) is 24.9 Å². The molecule has 1 aromatic carbocycles. The Kier molecular flexibility index (Phi) is 6.01. The van der Waals surface area contributed by atoms with Gasteiger partial charge in [0.1, 0.15) is 5.82 Å². The summed E-state index contributed by atoms with van der Waals surface area (Å²) in [7, 11) is 1.81. The van der Waals surface area contributed by atoms with Crippen molar-refractivity contribution < 1.29 is 5.11 Å². The van der Waals surface area contributed by atoms with Gasteiger partial charge in [0.25, 0.3) is 0 Å². The molecule has 0 aliphatic carbocycles. The molecule has 2 aromatic rings. The van der Waals surface area contributed by atoms with E-state index in [9.17, 15) is 5.11 Å². The molecule has 1 saturated heterocycles. The van der Waals surface area contributed by atoms with E-state index in [2.05, 4.69) is 65.7 Å². The number of hydrogen-bond donors (Lipinski definition) is 3. The van der Waals surface area contributed by atoms with E-state index in [4.69, 9.17) is 0 Å². The van der Waals surface area contributed by atoms with E-state index < -0.39 is 6.23 Å². The minimum Gasteiger partial charge on any atom is -0.372 e. The fraction of sp³-hybridized carbons (Fsp3) is 0.333. The highest BCUT2D eigenvalue weighted by atomic mass is 79.9. The van der Waals surface area contributed by atoms with E-state index in [-0.39, 0.29) is 0 Å². The van der Waals surface area contributed by atoms with Gasteiger partial charge in [0.2, 0.25) is 5.95 Å². The largest absolute Gasteiger partial charge is 0.372 e. The topological polar surface area (TPSA) is 76.5 Å². The average molecular weight is 457 g/mol. The fourth-order valence-electron chi connectivity index (χ4n) is 3.46. The Balaban J connectivity index is 1.46. The molecule has 1 unspecified atom stereocenters. The Morgan fingerprint density at radius 1 is 1.10 bits per heavy atom. The molecule has 7 nitrogen and oxygen atoms in total. The number of nitrogens with zero attached hydrogens (tertiary/aromatic N) is 4. The number of benzene rings is 1. The normalized spacial score (nSPS) is 19.1. The first-order valence-corrected chi connectivity index (χ1v) is 10.6. The molecule has 152 valence electrons. The highest BCUT2D eigenvalue weighted by Crippen LogP contribution is 2.26. The number of aliphatic hydroxyl groups excluding tert-OH is 1. The first kappa shape index (κ1) is 19.7. The molecule has 0 bridgehead atoms. The lowest BCUT2D eigenvalue weighted by Gasteiger charge is -2.28. The van der Waals surface area contributed by atoms with Gasteiger partial charge in [-0.25, -0.2) is 4.98 Å². The zero-order chi connectivity index (χ0) is 20.2. The molecule has 1 atom stereocenters. The average Bonchev–Trinajstić information content (AvgIpc) is 2.75. The van der Waals surface area contributed by atoms with Gasteiger partial charge in [-0.3, -0.25) is 0 Å². The third-order valence-electron chi connectivity index (χ3n) is 5.11. The maximum atomic E-state index is 10.3. The number of likely N-dealkylation sites (N-methyl/N-ethyl adjacent to an activating group) is 1. The Bertz CT molecular complexity index is 908. The van der Waals surface area contributed by atoms with Crippen molar-refractivity contribution in [2.75, 3.05) is 35.7 Å². The first-order chi connectivity index (χ1) is 14.1. The second-order valence-electron chi connectivity index (χ2n) is 7.24. The molecule has 0 spiro atoms. The zero-order valence-corrected chi connectivity index (χ0v) is 17.9. The molecule has 3 heterocycles. The van der Waals surface area contributed by atoms with Crippen LogP contribution in [0.25, 0.3) is 0 Å². The number of rotatable bonds is 5. The molecule has 2 aliphatic rings. The Morgan fingerprint density at radius 3 is 2.62 bits per heavy atom. The molecule has 8 heteroatoms. The van der Waals surface area contributed by atoms with Gasteiger partial charge in [-0.15, -0.1) is 0 Å². The van der Waals surface area contributed by atoms with Crippen LogP contribution in [-0.2, 0) is 0 Å². The standard InChI is InChI=1S/C21H25BrN6O/c1-27-11-5-6-18(20(27)29)25-19-17(22)14-23-21(26-19)24-15-7-9-16(10-8-15)28-12-3-2-4-13-28/h5-11,14,20,29H,2-4,12-13H2,1H3,(H2,23,24,25,26). The molecule has 0 saturated carbocycles. The van der Waals surface area contributed by atoms with Crippen molar-refractivity contribution in [2.45, 2.75) is 25.5 Å². The van der Waals surface area contributed by atoms with Crippen molar-refractivity contribution in [1.29, 1.82) is 0 Å². The second-order valence-corrected chi connectivity index (χ2v) is 8.09. The predicted octanol–water partition coefficient (Wildman–Crippen LogP) is 4.05. The smallest absolute Gasteiger partial charge is 0.229 e. The third-order valence-corrected chi connectivity index (χ3v) is 5.69. The number of piperidine rings is 1. The highest BCUT2D eigenvalue weighted by molar-refractivity contribution is 9.10. The van der Waals surface area contributed by atoms with E-state index in [1.807, 2.05) is 25.4 Å². The third kappa shape index (κ3) is 4.71. The van der Waals surface area contributed by atoms with Gasteiger partial charge in [0.15, 0.2) is 6.23 Å². The van der Waals surface area contributed by atoms with Crippen LogP contribution in [-0.4, -0.2) is 46.3 Å². The van der Waals surface area contributed by atoms with Crippen LogP contribution in [0.2, 0.25) is 0 Å². The fourth-order valence-corrected chi connectivity index (χ4v) is 3.75. The first-order valence-electron chi connectivity index (χ1n) is 9.80. The van der Waals surface area contributed by atoms with Crippen molar-refractivity contribution >= 4 is 39.1 Å². The number of aliphatic hydroxyl groups is 1. The summed E-state index contributed by atoms with van der Waals surface area (Å²) in [6.45, 7) is 2.26. The van der Waals surface area contributed by atoms with Crippen LogP contribution >= 0.6 is 15.9 Å². The van der Waals surface area contributed by atoms with Crippen LogP contribution in [0, 0.1) is 0 Å². The van der Waals surface area contributed by atoms with Crippen LogP contribution in [0.5, 0.6) is 0 Å². The molecule has 4 rings (SSSR count). The maximum absolute atomic E-state index is 10.3. The van der Waals surface area contributed by atoms with E-state index in [0.717, 1.165) is 18.8 Å². The van der Waals surface area contributed by atoms with Crippen molar-refractivity contribution in [1.82, 2.24) is 14.9 Å². The van der Waals surface area contributed by atoms with Crippen LogP contribution in [0.15, 0.2) is 59.0 Å². The highest BCUT2D eigenvalue weighted by Gasteiger charge is 2.18. The van der Waals surface area contributed by atoms with Crippen molar-refractivity contribution in [3.8, 4) is 0 Å². The summed E-state index contributed by atoms with van der Waals surface area (Å²) in [5, 5.41) is 16.7. The lowest BCUT2D eigenvalue weighted by atomic mass is 10.1. The summed E-state index contributed by atoms with van der Waals surface area (Å²) in [5.74, 6) is 1.07. The summed E-state index contributed by atoms with van der Waals surface area (Å²) in [6.07, 6.45) is 10.3. The van der Waals surface area contributed by atoms with Crippen LogP contribution in [0.3, 0.4) is 0 Å². The van der Waals surface area contributed by atoms with Crippen molar-refractivity contribution in [2.24, 2.45) is 0 Å².